The van der Waals surface area contributed by atoms with Gasteiger partial charge in [0.1, 0.15) is 13.2 Å². The zero-order chi connectivity index (χ0) is 46.7. The van der Waals surface area contributed by atoms with Crippen molar-refractivity contribution in [3.63, 3.8) is 0 Å². The molecular formula is C58H106O6. The van der Waals surface area contributed by atoms with Crippen LogP contribution in [0.4, 0.5) is 0 Å². The lowest BCUT2D eigenvalue weighted by Gasteiger charge is -2.28. The lowest BCUT2D eigenvalue weighted by Crippen LogP contribution is -2.42. The normalized spacial score (nSPS) is 12.8. The molecule has 0 aliphatic heterocycles. The molecule has 0 bridgehead atoms. The Kier molecular flexibility index (Phi) is 48.2. The molecule has 0 aliphatic carbocycles. The smallest absolute Gasteiger partial charge is 0.306 e. The summed E-state index contributed by atoms with van der Waals surface area (Å²) in [5.41, 5.74) is -1.21. The van der Waals surface area contributed by atoms with E-state index in [9.17, 15) is 14.4 Å². The zero-order valence-corrected chi connectivity index (χ0v) is 43.0. The minimum Gasteiger partial charge on any atom is -0.461 e. The lowest BCUT2D eigenvalue weighted by atomic mass is 10.1. The first kappa shape index (κ1) is 61.6. The van der Waals surface area contributed by atoms with Crippen molar-refractivity contribution in [2.45, 2.75) is 303 Å². The summed E-state index contributed by atoms with van der Waals surface area (Å²) in [6.45, 7) is 8.28. The van der Waals surface area contributed by atoms with Gasteiger partial charge >= 0.3 is 17.9 Å². The van der Waals surface area contributed by atoms with Crippen molar-refractivity contribution in [1.29, 1.82) is 0 Å². The molecule has 0 aromatic heterocycles. The molecule has 0 saturated carbocycles. The molecule has 1 atom stereocenters. The zero-order valence-electron chi connectivity index (χ0n) is 43.0. The predicted octanol–water partition coefficient (Wildman–Crippen LogP) is 18.5. The van der Waals surface area contributed by atoms with Gasteiger partial charge in [-0.15, -0.1) is 0 Å². The van der Waals surface area contributed by atoms with E-state index in [4.69, 9.17) is 14.2 Å². The molecule has 64 heavy (non-hydrogen) atoms. The molecule has 0 radical (unpaired) electrons. The Morgan fingerprint density at radius 2 is 0.531 bits per heavy atom. The standard InChI is InChI=1S/C58H106O6/c1-5-8-11-14-17-20-23-26-29-32-35-38-41-44-47-50-55(59)62-53-58(4,64-57(61)52-49-46-43-40-37-34-31-28-25-22-19-16-13-10-7-3)54-63-56(60)51-48-45-42-39-36-33-30-27-24-21-18-15-12-9-6-2/h26-31H,5-25,32-54H2,1-4H3/b29-26-,30-27+,31-28+. The predicted molar refractivity (Wildman–Crippen MR) is 275 cm³/mol. The number of hydrogen-bond acceptors (Lipinski definition) is 6. The summed E-state index contributed by atoms with van der Waals surface area (Å²) >= 11 is 0. The second kappa shape index (κ2) is 50.1. The first-order chi connectivity index (χ1) is 31.4. The highest BCUT2D eigenvalue weighted by Gasteiger charge is 2.33. The van der Waals surface area contributed by atoms with E-state index in [0.717, 1.165) is 83.5 Å². The molecule has 0 amide bonds. The monoisotopic (exact) mass is 899 g/mol. The lowest BCUT2D eigenvalue weighted by molar-refractivity contribution is -0.182. The van der Waals surface area contributed by atoms with Gasteiger partial charge in [0.05, 0.1) is 0 Å². The van der Waals surface area contributed by atoms with Crippen molar-refractivity contribution in [3.8, 4) is 0 Å². The first-order valence-electron chi connectivity index (χ1n) is 27.8. The molecule has 0 aromatic carbocycles. The van der Waals surface area contributed by atoms with Crippen LogP contribution in [0.1, 0.15) is 297 Å². The highest BCUT2D eigenvalue weighted by atomic mass is 16.6. The largest absolute Gasteiger partial charge is 0.461 e. The third kappa shape index (κ3) is 47.6. The molecule has 1 unspecified atom stereocenters. The summed E-state index contributed by atoms with van der Waals surface area (Å²) in [6, 6.07) is 0. The number of carbonyl (C=O) groups is 3. The Morgan fingerprint density at radius 1 is 0.312 bits per heavy atom. The van der Waals surface area contributed by atoms with Crippen LogP contribution in [0.5, 0.6) is 0 Å². The summed E-state index contributed by atoms with van der Waals surface area (Å²) < 4.78 is 17.2. The average molecular weight is 899 g/mol. The molecule has 0 fully saturated rings. The average Bonchev–Trinajstić information content (AvgIpc) is 3.29. The minimum absolute atomic E-state index is 0.115. The van der Waals surface area contributed by atoms with Gasteiger partial charge in [-0.3, -0.25) is 14.4 Å². The van der Waals surface area contributed by atoms with E-state index >= 15 is 0 Å². The third-order valence-corrected chi connectivity index (χ3v) is 12.4. The number of allylic oxidation sites excluding steroid dienone is 6. The molecule has 374 valence electrons. The van der Waals surface area contributed by atoms with Crippen LogP contribution in [0.2, 0.25) is 0 Å². The summed E-state index contributed by atoms with van der Waals surface area (Å²) in [6.07, 6.45) is 61.9. The van der Waals surface area contributed by atoms with Crippen molar-refractivity contribution >= 4 is 17.9 Å². The quantitative estimate of drug-likeness (QED) is 0.0262. The number of hydrogen-bond donors (Lipinski definition) is 0. The summed E-state index contributed by atoms with van der Waals surface area (Å²) in [7, 11) is 0. The fraction of sp³-hybridized carbons (Fsp3) is 0.845. The summed E-state index contributed by atoms with van der Waals surface area (Å²) in [4.78, 5) is 38.5. The van der Waals surface area contributed by atoms with Crippen molar-refractivity contribution in [2.24, 2.45) is 0 Å². The number of carbonyl (C=O) groups excluding carboxylic acids is 3. The van der Waals surface area contributed by atoms with Gasteiger partial charge in [-0.25, -0.2) is 0 Å². The maximum absolute atomic E-state index is 13.0. The van der Waals surface area contributed by atoms with Crippen molar-refractivity contribution in [1.82, 2.24) is 0 Å². The Hall–Kier alpha value is -2.37. The van der Waals surface area contributed by atoms with Crippen LogP contribution < -0.4 is 0 Å². The topological polar surface area (TPSA) is 78.9 Å². The third-order valence-electron chi connectivity index (χ3n) is 12.4. The van der Waals surface area contributed by atoms with Crippen LogP contribution in [0.25, 0.3) is 0 Å². The van der Waals surface area contributed by atoms with Crippen molar-refractivity contribution < 1.29 is 28.6 Å². The molecule has 0 heterocycles. The van der Waals surface area contributed by atoms with E-state index in [1.807, 2.05) is 0 Å². The van der Waals surface area contributed by atoms with Gasteiger partial charge in [-0.1, -0.05) is 211 Å². The summed E-state index contributed by atoms with van der Waals surface area (Å²) in [5.74, 6) is -0.921. The van der Waals surface area contributed by atoms with E-state index in [2.05, 4.69) is 57.2 Å². The number of rotatable bonds is 50. The Morgan fingerprint density at radius 3 is 0.797 bits per heavy atom. The van der Waals surface area contributed by atoms with Crippen LogP contribution in [0.3, 0.4) is 0 Å². The van der Waals surface area contributed by atoms with Crippen molar-refractivity contribution in [2.75, 3.05) is 13.2 Å². The van der Waals surface area contributed by atoms with Gasteiger partial charge in [-0.2, -0.15) is 0 Å². The highest BCUT2D eigenvalue weighted by Crippen LogP contribution is 2.19. The second-order valence-corrected chi connectivity index (χ2v) is 19.2. The molecule has 0 aromatic rings. The molecular weight excluding hydrogens is 793 g/mol. The van der Waals surface area contributed by atoms with Gasteiger partial charge in [0.25, 0.3) is 0 Å². The van der Waals surface area contributed by atoms with E-state index in [1.54, 1.807) is 6.92 Å². The first-order valence-corrected chi connectivity index (χ1v) is 27.8. The van der Waals surface area contributed by atoms with Gasteiger partial charge in [0.2, 0.25) is 0 Å². The van der Waals surface area contributed by atoms with E-state index in [-0.39, 0.29) is 31.1 Å². The number of ether oxygens (including phenoxy) is 3. The SMILES string of the molecule is CCCCCCCC/C=C\CCCCCCCC(=O)OCC(C)(COC(=O)CCCCCCC/C=C/CCCCCCCC)OC(=O)CCCCCCC/C=C/CCCCCCCC. The molecule has 6 nitrogen and oxygen atoms in total. The fourth-order valence-corrected chi connectivity index (χ4v) is 8.06. The van der Waals surface area contributed by atoms with Crippen LogP contribution in [0.15, 0.2) is 36.5 Å². The van der Waals surface area contributed by atoms with E-state index in [1.165, 1.54) is 167 Å². The molecule has 0 N–H and O–H groups in total. The van der Waals surface area contributed by atoms with Gasteiger partial charge in [0, 0.05) is 19.3 Å². The van der Waals surface area contributed by atoms with Crippen LogP contribution in [-0.4, -0.2) is 36.7 Å². The number of esters is 3. The number of unbranched alkanes of at least 4 members (excludes halogenated alkanes) is 33. The van der Waals surface area contributed by atoms with Gasteiger partial charge < -0.3 is 14.2 Å². The van der Waals surface area contributed by atoms with E-state index < -0.39 is 5.60 Å². The van der Waals surface area contributed by atoms with Crippen LogP contribution in [0, 0.1) is 0 Å². The van der Waals surface area contributed by atoms with Gasteiger partial charge in [-0.05, 0) is 103 Å². The van der Waals surface area contributed by atoms with Crippen LogP contribution in [-0.2, 0) is 28.6 Å². The van der Waals surface area contributed by atoms with Gasteiger partial charge in [0.15, 0.2) is 5.60 Å². The molecule has 0 aliphatic rings. The Balaban J connectivity index is 4.52. The van der Waals surface area contributed by atoms with Crippen molar-refractivity contribution in [3.05, 3.63) is 36.5 Å². The molecule has 0 spiro atoms. The fourth-order valence-electron chi connectivity index (χ4n) is 8.06. The second-order valence-electron chi connectivity index (χ2n) is 19.2. The molecule has 0 saturated heterocycles. The van der Waals surface area contributed by atoms with Crippen LogP contribution >= 0.6 is 0 Å². The van der Waals surface area contributed by atoms with E-state index in [0.29, 0.717) is 19.3 Å². The maximum atomic E-state index is 13.0. The maximum Gasteiger partial charge on any atom is 0.306 e. The Labute approximate surface area is 397 Å². The molecule has 0 rings (SSSR count). The highest BCUT2D eigenvalue weighted by molar-refractivity contribution is 5.71. The molecule has 6 heteroatoms. The summed E-state index contributed by atoms with van der Waals surface area (Å²) in [5, 5.41) is 0. The Bertz CT molecular complexity index is 1050. The minimum atomic E-state index is -1.21.